The van der Waals surface area contributed by atoms with Crippen LogP contribution in [0, 0.1) is 0 Å². The van der Waals surface area contributed by atoms with E-state index in [4.69, 9.17) is 32.7 Å². The van der Waals surface area contributed by atoms with Crippen molar-refractivity contribution in [2.75, 3.05) is 36.6 Å². The highest BCUT2D eigenvalue weighted by Gasteiger charge is 2.24. The smallest absolute Gasteiger partial charge is 0.245 e. The van der Waals surface area contributed by atoms with E-state index in [1.165, 1.54) is 38.5 Å². The SMILES string of the molecule is COc1ccc(N(CC(=O)Nc2ccc(Cl)c(Cl)c2)S(C)(=O)=O)c(OC)c1. The zero-order valence-electron chi connectivity index (χ0n) is 14.8. The van der Waals surface area contributed by atoms with Gasteiger partial charge >= 0.3 is 0 Å². The third kappa shape index (κ3) is 5.41. The summed E-state index contributed by atoms with van der Waals surface area (Å²) in [5, 5.41) is 3.20. The van der Waals surface area contributed by atoms with Crippen LogP contribution in [0.4, 0.5) is 11.4 Å². The molecule has 0 aromatic heterocycles. The summed E-state index contributed by atoms with van der Waals surface area (Å²) in [5.74, 6) is 0.183. The molecule has 0 saturated heterocycles. The van der Waals surface area contributed by atoms with Gasteiger partial charge in [0.05, 0.1) is 36.2 Å². The van der Waals surface area contributed by atoms with Gasteiger partial charge in [0.1, 0.15) is 18.0 Å². The lowest BCUT2D eigenvalue weighted by Crippen LogP contribution is -2.37. The Kier molecular flexibility index (Phi) is 6.80. The Morgan fingerprint density at radius 2 is 1.78 bits per heavy atom. The number of anilines is 2. The number of methoxy groups -OCH3 is 2. The number of carbonyl (C=O) groups is 1. The third-order valence-electron chi connectivity index (χ3n) is 3.55. The number of carbonyl (C=O) groups excluding carboxylic acids is 1. The minimum atomic E-state index is -3.77. The first-order valence-electron chi connectivity index (χ1n) is 7.60. The van der Waals surface area contributed by atoms with Gasteiger partial charge in [0.2, 0.25) is 15.9 Å². The van der Waals surface area contributed by atoms with Crippen LogP contribution in [0.25, 0.3) is 0 Å². The summed E-state index contributed by atoms with van der Waals surface area (Å²) >= 11 is 11.8. The molecule has 0 fully saturated rings. The molecule has 146 valence electrons. The van der Waals surface area contributed by atoms with E-state index in [2.05, 4.69) is 5.32 Å². The number of rotatable bonds is 7. The number of halogens is 2. The maximum absolute atomic E-state index is 12.4. The molecule has 0 spiro atoms. The molecule has 0 saturated carbocycles. The fourth-order valence-corrected chi connectivity index (χ4v) is 3.43. The van der Waals surface area contributed by atoms with Crippen LogP contribution >= 0.6 is 23.2 Å². The molecule has 27 heavy (non-hydrogen) atoms. The summed E-state index contributed by atoms with van der Waals surface area (Å²) in [5.41, 5.74) is 0.606. The number of hydrogen-bond acceptors (Lipinski definition) is 5. The molecule has 1 N–H and O–H groups in total. The molecule has 0 aliphatic rings. The Hall–Kier alpha value is -2.16. The van der Waals surface area contributed by atoms with Crippen LogP contribution in [0.5, 0.6) is 11.5 Å². The Morgan fingerprint density at radius 3 is 2.33 bits per heavy atom. The Bertz CT molecular complexity index is 950. The van der Waals surface area contributed by atoms with Crippen LogP contribution in [0.2, 0.25) is 10.0 Å². The van der Waals surface area contributed by atoms with Crippen LogP contribution in [0.15, 0.2) is 36.4 Å². The highest BCUT2D eigenvalue weighted by Crippen LogP contribution is 2.33. The first-order chi connectivity index (χ1) is 12.7. The quantitative estimate of drug-likeness (QED) is 0.724. The van der Waals surface area contributed by atoms with Crippen molar-refractivity contribution in [2.45, 2.75) is 0 Å². The molecule has 2 rings (SSSR count). The lowest BCUT2D eigenvalue weighted by atomic mass is 10.2. The number of amides is 1. The van der Waals surface area contributed by atoms with Gasteiger partial charge in [0.15, 0.2) is 0 Å². The van der Waals surface area contributed by atoms with Crippen LogP contribution in [0.3, 0.4) is 0 Å². The molecule has 7 nitrogen and oxygen atoms in total. The standard InChI is InChI=1S/C17H18Cl2N2O5S/c1-25-12-5-7-15(16(9-12)26-2)21(27(3,23)24)10-17(22)20-11-4-6-13(18)14(19)8-11/h4-9H,10H2,1-3H3,(H,20,22). The number of nitrogens with one attached hydrogen (secondary N) is 1. The van der Waals surface area contributed by atoms with Gasteiger partial charge in [-0.05, 0) is 30.3 Å². The molecule has 10 heteroatoms. The number of ether oxygens (including phenoxy) is 2. The first-order valence-corrected chi connectivity index (χ1v) is 10.2. The molecular weight excluding hydrogens is 415 g/mol. The van der Waals surface area contributed by atoms with Crippen molar-refractivity contribution in [2.24, 2.45) is 0 Å². The van der Waals surface area contributed by atoms with Gasteiger partial charge in [0.25, 0.3) is 0 Å². The van der Waals surface area contributed by atoms with Crippen molar-refractivity contribution in [1.29, 1.82) is 0 Å². The molecule has 2 aromatic carbocycles. The van der Waals surface area contributed by atoms with Crippen molar-refractivity contribution in [3.8, 4) is 11.5 Å². The summed E-state index contributed by atoms with van der Waals surface area (Å²) in [7, 11) is -0.891. The van der Waals surface area contributed by atoms with Crippen LogP contribution < -0.4 is 19.1 Å². The van der Waals surface area contributed by atoms with Gasteiger partial charge in [-0.15, -0.1) is 0 Å². The largest absolute Gasteiger partial charge is 0.497 e. The predicted octanol–water partition coefficient (Wildman–Crippen LogP) is 3.42. The van der Waals surface area contributed by atoms with Gasteiger partial charge in [0, 0.05) is 11.8 Å². The summed E-state index contributed by atoms with van der Waals surface area (Å²) in [6, 6.07) is 9.17. The minimum Gasteiger partial charge on any atom is -0.497 e. The lowest BCUT2D eigenvalue weighted by Gasteiger charge is -2.24. The average Bonchev–Trinajstić information content (AvgIpc) is 2.61. The maximum Gasteiger partial charge on any atom is 0.245 e. The second-order valence-electron chi connectivity index (χ2n) is 5.48. The fraction of sp³-hybridized carbons (Fsp3) is 0.235. The molecule has 0 radical (unpaired) electrons. The van der Waals surface area contributed by atoms with Gasteiger partial charge in [-0.25, -0.2) is 8.42 Å². The number of benzene rings is 2. The van der Waals surface area contributed by atoms with Crippen LogP contribution in [-0.4, -0.2) is 41.3 Å². The van der Waals surface area contributed by atoms with E-state index in [9.17, 15) is 13.2 Å². The third-order valence-corrected chi connectivity index (χ3v) is 5.41. The zero-order chi connectivity index (χ0) is 20.2. The molecule has 0 bridgehead atoms. The predicted molar refractivity (Wildman–Crippen MR) is 107 cm³/mol. The second kappa shape index (κ2) is 8.69. The monoisotopic (exact) mass is 432 g/mol. The van der Waals surface area contributed by atoms with Crippen molar-refractivity contribution >= 4 is 50.5 Å². The van der Waals surface area contributed by atoms with E-state index >= 15 is 0 Å². The molecule has 1 amide bonds. The summed E-state index contributed by atoms with van der Waals surface area (Å²) < 4.78 is 35.8. The van der Waals surface area contributed by atoms with Gasteiger partial charge in [-0.3, -0.25) is 9.10 Å². The normalized spacial score (nSPS) is 11.0. The van der Waals surface area contributed by atoms with Crippen molar-refractivity contribution in [3.63, 3.8) is 0 Å². The van der Waals surface area contributed by atoms with E-state index in [1.807, 2.05) is 0 Å². The second-order valence-corrected chi connectivity index (χ2v) is 8.21. The highest BCUT2D eigenvalue weighted by atomic mass is 35.5. The first kappa shape index (κ1) is 21.1. The molecule has 0 atom stereocenters. The zero-order valence-corrected chi connectivity index (χ0v) is 17.2. The van der Waals surface area contributed by atoms with Gasteiger partial charge < -0.3 is 14.8 Å². The Morgan fingerprint density at radius 1 is 1.07 bits per heavy atom. The minimum absolute atomic E-state index is 0.213. The van der Waals surface area contributed by atoms with E-state index in [0.29, 0.717) is 16.5 Å². The number of sulfonamides is 1. The summed E-state index contributed by atoms with van der Waals surface area (Å²) in [6.45, 7) is -0.457. The number of hydrogen-bond donors (Lipinski definition) is 1. The topological polar surface area (TPSA) is 84.9 Å². The summed E-state index contributed by atoms with van der Waals surface area (Å²) in [6.07, 6.45) is 1.00. The Labute approximate surface area is 167 Å². The molecule has 0 aliphatic heterocycles. The molecular formula is C17H18Cl2N2O5S. The Balaban J connectivity index is 2.30. The average molecular weight is 433 g/mol. The summed E-state index contributed by atoms with van der Waals surface area (Å²) in [4.78, 5) is 12.4. The lowest BCUT2D eigenvalue weighted by molar-refractivity contribution is -0.114. The number of nitrogens with zero attached hydrogens (tertiary/aromatic N) is 1. The van der Waals surface area contributed by atoms with Crippen LogP contribution in [-0.2, 0) is 14.8 Å². The van der Waals surface area contributed by atoms with Gasteiger partial charge in [-0.2, -0.15) is 0 Å². The molecule has 0 aliphatic carbocycles. The highest BCUT2D eigenvalue weighted by molar-refractivity contribution is 7.92. The maximum atomic E-state index is 12.4. The van der Waals surface area contributed by atoms with Gasteiger partial charge in [-0.1, -0.05) is 23.2 Å². The fourth-order valence-electron chi connectivity index (χ4n) is 2.28. The molecule has 2 aromatic rings. The van der Waals surface area contributed by atoms with E-state index in [-0.39, 0.29) is 16.5 Å². The van der Waals surface area contributed by atoms with E-state index < -0.39 is 22.5 Å². The van der Waals surface area contributed by atoms with Crippen LogP contribution in [0.1, 0.15) is 0 Å². The van der Waals surface area contributed by atoms with Crippen molar-refractivity contribution in [1.82, 2.24) is 0 Å². The van der Waals surface area contributed by atoms with E-state index in [0.717, 1.165) is 10.6 Å². The molecule has 0 heterocycles. The molecule has 0 unspecified atom stereocenters. The van der Waals surface area contributed by atoms with E-state index in [1.54, 1.807) is 12.1 Å². The van der Waals surface area contributed by atoms with Crippen molar-refractivity contribution in [3.05, 3.63) is 46.4 Å². The van der Waals surface area contributed by atoms with Crippen molar-refractivity contribution < 1.29 is 22.7 Å².